The van der Waals surface area contributed by atoms with Gasteiger partial charge in [-0.15, -0.1) is 0 Å². The van der Waals surface area contributed by atoms with Gasteiger partial charge in [0.2, 0.25) is 0 Å². The Balaban J connectivity index is 2.13. The second-order valence-electron chi connectivity index (χ2n) is 4.34. The summed E-state index contributed by atoms with van der Waals surface area (Å²) in [6.07, 6.45) is 5.22. The normalized spacial score (nSPS) is 10.8. The lowest BCUT2D eigenvalue weighted by atomic mass is 10.2. The highest BCUT2D eigenvalue weighted by molar-refractivity contribution is 5.65. The molecule has 3 rings (SSSR count). The van der Waals surface area contributed by atoms with E-state index in [0.29, 0.717) is 17.4 Å². The molecule has 2 N–H and O–H groups in total. The smallest absolute Gasteiger partial charge is 0.198 e. The summed E-state index contributed by atoms with van der Waals surface area (Å²) in [6, 6.07) is 3.59. The Morgan fingerprint density at radius 3 is 2.79 bits per heavy atom. The van der Waals surface area contributed by atoms with Gasteiger partial charge in [0.15, 0.2) is 11.6 Å². The zero-order chi connectivity index (χ0) is 13.4. The van der Waals surface area contributed by atoms with Crippen molar-refractivity contribution >= 4 is 5.82 Å². The molecule has 0 aliphatic heterocycles. The zero-order valence-electron chi connectivity index (χ0n) is 10.7. The molecule has 19 heavy (non-hydrogen) atoms. The Kier molecular flexibility index (Phi) is 2.56. The van der Waals surface area contributed by atoms with Crippen molar-refractivity contribution in [2.45, 2.75) is 6.92 Å². The molecule has 0 atom stereocenters. The predicted octanol–water partition coefficient (Wildman–Crippen LogP) is 2.03. The summed E-state index contributed by atoms with van der Waals surface area (Å²) in [5.41, 5.74) is 8.43. The van der Waals surface area contributed by atoms with Gasteiger partial charge in [0.05, 0.1) is 18.2 Å². The predicted molar refractivity (Wildman–Crippen MR) is 71.1 cm³/mol. The third-order valence-corrected chi connectivity index (χ3v) is 2.81. The number of aryl methyl sites for hydroxylation is 2. The first kappa shape index (κ1) is 11.5. The Hall–Kier alpha value is -2.63. The molecule has 6 heteroatoms. The highest BCUT2D eigenvalue weighted by atomic mass is 16.3. The maximum atomic E-state index is 5.84. The first-order chi connectivity index (χ1) is 9.13. The summed E-state index contributed by atoms with van der Waals surface area (Å²) in [5.74, 6) is 1.53. The topological polar surface area (TPSA) is 82.8 Å². The van der Waals surface area contributed by atoms with E-state index in [1.54, 1.807) is 23.2 Å². The SMILES string of the molecule is Cc1ccoc1-c1nc(N)cc(-c2cnn(C)c2)n1. The van der Waals surface area contributed by atoms with E-state index in [-0.39, 0.29) is 0 Å². The molecule has 96 valence electrons. The lowest BCUT2D eigenvalue weighted by molar-refractivity contribution is 0.576. The van der Waals surface area contributed by atoms with Gasteiger partial charge in [-0.25, -0.2) is 9.97 Å². The number of hydrogen-bond acceptors (Lipinski definition) is 5. The van der Waals surface area contributed by atoms with Crippen LogP contribution in [0.25, 0.3) is 22.8 Å². The van der Waals surface area contributed by atoms with Crippen LogP contribution >= 0.6 is 0 Å². The minimum atomic E-state index is 0.402. The molecule has 0 bridgehead atoms. The lowest BCUT2D eigenvalue weighted by Gasteiger charge is -2.03. The van der Waals surface area contributed by atoms with Gasteiger partial charge in [0, 0.05) is 24.9 Å². The number of hydrogen-bond donors (Lipinski definition) is 1. The van der Waals surface area contributed by atoms with E-state index in [0.717, 1.165) is 16.8 Å². The van der Waals surface area contributed by atoms with Crippen molar-refractivity contribution < 1.29 is 4.42 Å². The van der Waals surface area contributed by atoms with Gasteiger partial charge in [0.25, 0.3) is 0 Å². The molecule has 0 radical (unpaired) electrons. The fraction of sp³-hybridized carbons (Fsp3) is 0.154. The molecule has 0 aliphatic rings. The first-order valence-corrected chi connectivity index (χ1v) is 5.81. The molecule has 0 saturated carbocycles. The minimum absolute atomic E-state index is 0.402. The molecule has 3 aromatic rings. The van der Waals surface area contributed by atoms with Crippen molar-refractivity contribution in [3.05, 3.63) is 36.4 Å². The second kappa shape index (κ2) is 4.24. The molecule has 6 nitrogen and oxygen atoms in total. The largest absolute Gasteiger partial charge is 0.461 e. The van der Waals surface area contributed by atoms with Crippen LogP contribution in [0.3, 0.4) is 0 Å². The maximum Gasteiger partial charge on any atom is 0.198 e. The average Bonchev–Trinajstić information content (AvgIpc) is 2.97. The minimum Gasteiger partial charge on any atom is -0.461 e. The quantitative estimate of drug-likeness (QED) is 0.757. The van der Waals surface area contributed by atoms with Crippen molar-refractivity contribution in [2.75, 3.05) is 5.73 Å². The number of rotatable bonds is 2. The summed E-state index contributed by atoms with van der Waals surface area (Å²) in [4.78, 5) is 8.70. The molecule has 0 aromatic carbocycles. The van der Waals surface area contributed by atoms with Gasteiger partial charge in [-0.05, 0) is 18.6 Å². The molecule has 3 aromatic heterocycles. The van der Waals surface area contributed by atoms with Gasteiger partial charge < -0.3 is 10.2 Å². The van der Waals surface area contributed by atoms with Crippen molar-refractivity contribution in [3.8, 4) is 22.8 Å². The van der Waals surface area contributed by atoms with E-state index in [1.807, 2.05) is 26.2 Å². The molecule has 0 spiro atoms. The average molecular weight is 255 g/mol. The number of nitrogen functional groups attached to an aromatic ring is 1. The van der Waals surface area contributed by atoms with Crippen LogP contribution < -0.4 is 5.73 Å². The Bertz CT molecular complexity index is 728. The standard InChI is InChI=1S/C13H13N5O/c1-8-3-4-19-12(8)13-16-10(5-11(14)17-13)9-6-15-18(2)7-9/h3-7H,1-2H3,(H2,14,16,17). The third-order valence-electron chi connectivity index (χ3n) is 2.81. The molecule has 0 amide bonds. The van der Waals surface area contributed by atoms with Crippen LogP contribution in [-0.4, -0.2) is 19.7 Å². The monoisotopic (exact) mass is 255 g/mol. The van der Waals surface area contributed by atoms with Crippen LogP contribution in [0.1, 0.15) is 5.56 Å². The fourth-order valence-electron chi connectivity index (χ4n) is 1.87. The van der Waals surface area contributed by atoms with Gasteiger partial charge in [-0.3, -0.25) is 4.68 Å². The van der Waals surface area contributed by atoms with Crippen LogP contribution in [0.15, 0.2) is 35.2 Å². The Labute approximate surface area is 109 Å². The summed E-state index contributed by atoms with van der Waals surface area (Å²) in [5, 5.41) is 4.12. The molecule has 3 heterocycles. The number of nitrogens with two attached hydrogens (primary N) is 1. The van der Waals surface area contributed by atoms with Crippen LogP contribution in [0, 0.1) is 6.92 Å². The van der Waals surface area contributed by atoms with E-state index in [9.17, 15) is 0 Å². The van der Waals surface area contributed by atoms with E-state index in [4.69, 9.17) is 10.2 Å². The molecular weight excluding hydrogens is 242 g/mol. The Morgan fingerprint density at radius 2 is 2.16 bits per heavy atom. The molecule has 0 unspecified atom stereocenters. The first-order valence-electron chi connectivity index (χ1n) is 5.81. The van der Waals surface area contributed by atoms with Gasteiger partial charge in [0.1, 0.15) is 5.82 Å². The highest BCUT2D eigenvalue weighted by Crippen LogP contribution is 2.25. The lowest BCUT2D eigenvalue weighted by Crippen LogP contribution is -1.97. The van der Waals surface area contributed by atoms with Crippen LogP contribution in [-0.2, 0) is 7.05 Å². The van der Waals surface area contributed by atoms with Crippen molar-refractivity contribution in [1.82, 2.24) is 19.7 Å². The van der Waals surface area contributed by atoms with Crippen molar-refractivity contribution in [3.63, 3.8) is 0 Å². The van der Waals surface area contributed by atoms with Gasteiger partial charge in [-0.1, -0.05) is 0 Å². The van der Waals surface area contributed by atoms with Crippen molar-refractivity contribution in [1.29, 1.82) is 0 Å². The van der Waals surface area contributed by atoms with E-state index in [2.05, 4.69) is 15.1 Å². The van der Waals surface area contributed by atoms with Gasteiger partial charge >= 0.3 is 0 Å². The third kappa shape index (κ3) is 2.08. The highest BCUT2D eigenvalue weighted by Gasteiger charge is 2.12. The van der Waals surface area contributed by atoms with Crippen molar-refractivity contribution in [2.24, 2.45) is 7.05 Å². The zero-order valence-corrected chi connectivity index (χ0v) is 10.7. The maximum absolute atomic E-state index is 5.84. The number of aromatic nitrogens is 4. The van der Waals surface area contributed by atoms with E-state index in [1.165, 1.54) is 0 Å². The summed E-state index contributed by atoms with van der Waals surface area (Å²) >= 11 is 0. The van der Waals surface area contributed by atoms with Gasteiger partial charge in [-0.2, -0.15) is 5.10 Å². The molecular formula is C13H13N5O. The van der Waals surface area contributed by atoms with Crippen LogP contribution in [0.4, 0.5) is 5.82 Å². The summed E-state index contributed by atoms with van der Waals surface area (Å²) < 4.78 is 7.11. The molecule has 0 fully saturated rings. The van der Waals surface area contributed by atoms with Crippen LogP contribution in [0.2, 0.25) is 0 Å². The number of nitrogens with zero attached hydrogens (tertiary/aromatic N) is 4. The molecule has 0 aliphatic carbocycles. The fourth-order valence-corrected chi connectivity index (χ4v) is 1.87. The van der Waals surface area contributed by atoms with E-state index < -0.39 is 0 Å². The Morgan fingerprint density at radius 1 is 1.32 bits per heavy atom. The number of furan rings is 1. The number of anilines is 1. The van der Waals surface area contributed by atoms with Crippen LogP contribution in [0.5, 0.6) is 0 Å². The second-order valence-corrected chi connectivity index (χ2v) is 4.34. The summed E-state index contributed by atoms with van der Waals surface area (Å²) in [7, 11) is 1.85. The summed E-state index contributed by atoms with van der Waals surface area (Å²) in [6.45, 7) is 1.94. The molecule has 0 saturated heterocycles. The van der Waals surface area contributed by atoms with E-state index >= 15 is 0 Å².